The Bertz CT molecular complexity index is 492. The summed E-state index contributed by atoms with van der Waals surface area (Å²) < 4.78 is 0. The van der Waals surface area contributed by atoms with E-state index in [-0.39, 0.29) is 5.41 Å². The van der Waals surface area contributed by atoms with E-state index in [1.54, 1.807) is 11.3 Å². The summed E-state index contributed by atoms with van der Waals surface area (Å²) in [6, 6.07) is 12.4. The lowest BCUT2D eigenvalue weighted by molar-refractivity contribution is 0.556. The van der Waals surface area contributed by atoms with E-state index in [1.165, 1.54) is 10.4 Å². The molecule has 1 aromatic carbocycles. The van der Waals surface area contributed by atoms with Crippen LogP contribution in [-0.2, 0) is 11.8 Å². The molecular weight excluding hydrogens is 395 g/mol. The van der Waals surface area contributed by atoms with Gasteiger partial charge in [0.05, 0.1) is 0 Å². The highest BCUT2D eigenvalue weighted by molar-refractivity contribution is 9.09. The first kappa shape index (κ1) is 14.6. The van der Waals surface area contributed by atoms with Gasteiger partial charge in [-0.05, 0) is 29.5 Å². The molecule has 96 valence electrons. The van der Waals surface area contributed by atoms with Gasteiger partial charge >= 0.3 is 0 Å². The molecule has 0 radical (unpaired) electrons. The molecule has 18 heavy (non-hydrogen) atoms. The first-order valence-electron chi connectivity index (χ1n) is 5.61. The van der Waals surface area contributed by atoms with E-state index in [4.69, 9.17) is 11.6 Å². The standard InChI is InChI=1S/C14H13Br2ClS/c15-9-14(10-16,8-11-4-3-7-18-11)12-5-1-2-6-13(12)17/h1-7H,8-10H2. The van der Waals surface area contributed by atoms with E-state index in [0.717, 1.165) is 22.1 Å². The summed E-state index contributed by atoms with van der Waals surface area (Å²) in [5.41, 5.74) is 1.21. The summed E-state index contributed by atoms with van der Waals surface area (Å²) in [5.74, 6) is 0. The third-order valence-electron chi connectivity index (χ3n) is 3.05. The summed E-state index contributed by atoms with van der Waals surface area (Å²) in [6.45, 7) is 0. The van der Waals surface area contributed by atoms with Crippen molar-refractivity contribution in [2.75, 3.05) is 10.7 Å². The van der Waals surface area contributed by atoms with Gasteiger partial charge in [0.15, 0.2) is 0 Å². The van der Waals surface area contributed by atoms with E-state index >= 15 is 0 Å². The van der Waals surface area contributed by atoms with Crippen LogP contribution in [0.15, 0.2) is 41.8 Å². The molecule has 0 aliphatic rings. The number of hydrogen-bond acceptors (Lipinski definition) is 1. The van der Waals surface area contributed by atoms with Gasteiger partial charge in [0.2, 0.25) is 0 Å². The van der Waals surface area contributed by atoms with E-state index < -0.39 is 0 Å². The lowest BCUT2D eigenvalue weighted by Gasteiger charge is -2.31. The Morgan fingerprint density at radius 2 is 1.78 bits per heavy atom. The number of rotatable bonds is 5. The summed E-state index contributed by atoms with van der Waals surface area (Å²) in [6.07, 6.45) is 0.991. The third-order valence-corrected chi connectivity index (χ3v) is 6.40. The maximum Gasteiger partial charge on any atom is 0.0444 e. The van der Waals surface area contributed by atoms with E-state index in [9.17, 15) is 0 Å². The van der Waals surface area contributed by atoms with E-state index in [2.05, 4.69) is 61.5 Å². The van der Waals surface area contributed by atoms with Crippen molar-refractivity contribution in [1.29, 1.82) is 0 Å². The Labute approximate surface area is 134 Å². The van der Waals surface area contributed by atoms with Crippen LogP contribution < -0.4 is 0 Å². The molecule has 0 unspecified atom stereocenters. The van der Waals surface area contributed by atoms with Crippen LogP contribution in [0.5, 0.6) is 0 Å². The topological polar surface area (TPSA) is 0 Å². The molecule has 0 bridgehead atoms. The van der Waals surface area contributed by atoms with Crippen molar-refractivity contribution in [1.82, 2.24) is 0 Å². The van der Waals surface area contributed by atoms with Crippen molar-refractivity contribution >= 4 is 54.8 Å². The second kappa shape index (κ2) is 6.56. The van der Waals surface area contributed by atoms with Crippen LogP contribution >= 0.6 is 54.8 Å². The van der Waals surface area contributed by atoms with Gasteiger partial charge in [-0.3, -0.25) is 0 Å². The SMILES string of the molecule is Clc1ccccc1C(CBr)(CBr)Cc1cccs1. The van der Waals surface area contributed by atoms with Crippen LogP contribution in [0.2, 0.25) is 5.02 Å². The minimum Gasteiger partial charge on any atom is -0.149 e. The van der Waals surface area contributed by atoms with Gasteiger partial charge in [0, 0.05) is 26.0 Å². The van der Waals surface area contributed by atoms with Gasteiger partial charge in [0.1, 0.15) is 0 Å². The van der Waals surface area contributed by atoms with Gasteiger partial charge in [-0.2, -0.15) is 0 Å². The van der Waals surface area contributed by atoms with Gasteiger partial charge < -0.3 is 0 Å². The highest BCUT2D eigenvalue weighted by Crippen LogP contribution is 2.37. The predicted molar refractivity (Wildman–Crippen MR) is 88.7 cm³/mol. The molecule has 4 heteroatoms. The molecule has 1 aromatic heterocycles. The summed E-state index contributed by atoms with van der Waals surface area (Å²) in [7, 11) is 0. The van der Waals surface area contributed by atoms with Crippen LogP contribution in [0.4, 0.5) is 0 Å². The second-order valence-corrected chi connectivity index (χ2v) is 6.84. The molecular formula is C14H13Br2ClS. The van der Waals surface area contributed by atoms with Gasteiger partial charge in [-0.25, -0.2) is 0 Å². The summed E-state index contributed by atoms with van der Waals surface area (Å²) >= 11 is 15.5. The van der Waals surface area contributed by atoms with Crippen molar-refractivity contribution in [2.45, 2.75) is 11.8 Å². The average Bonchev–Trinajstić information content (AvgIpc) is 2.90. The van der Waals surface area contributed by atoms with Crippen LogP contribution in [0, 0.1) is 0 Å². The van der Waals surface area contributed by atoms with Crippen molar-refractivity contribution in [3.05, 3.63) is 57.2 Å². The smallest absolute Gasteiger partial charge is 0.0444 e. The Hall–Kier alpha value is 0.170. The fourth-order valence-corrected chi connectivity index (χ4v) is 5.12. The number of hydrogen-bond donors (Lipinski definition) is 0. The summed E-state index contributed by atoms with van der Waals surface area (Å²) in [4.78, 5) is 1.38. The Morgan fingerprint density at radius 3 is 2.33 bits per heavy atom. The number of benzene rings is 1. The van der Waals surface area contributed by atoms with Crippen LogP contribution in [0.3, 0.4) is 0 Å². The zero-order valence-electron chi connectivity index (χ0n) is 9.70. The van der Waals surface area contributed by atoms with E-state index in [1.807, 2.05) is 12.1 Å². The molecule has 0 fully saturated rings. The number of halogens is 3. The molecule has 2 rings (SSSR count). The quantitative estimate of drug-likeness (QED) is 0.559. The van der Waals surface area contributed by atoms with Crippen LogP contribution in [0.1, 0.15) is 10.4 Å². The van der Waals surface area contributed by atoms with Gasteiger partial charge in [-0.15, -0.1) is 11.3 Å². The zero-order chi connectivity index (χ0) is 13.0. The maximum absolute atomic E-state index is 6.37. The fraction of sp³-hybridized carbons (Fsp3) is 0.286. The zero-order valence-corrected chi connectivity index (χ0v) is 14.4. The summed E-state index contributed by atoms with van der Waals surface area (Å²) in [5, 5.41) is 4.72. The van der Waals surface area contributed by atoms with Crippen molar-refractivity contribution < 1.29 is 0 Å². The van der Waals surface area contributed by atoms with Gasteiger partial charge in [0.25, 0.3) is 0 Å². The number of alkyl halides is 2. The molecule has 0 N–H and O–H groups in total. The largest absolute Gasteiger partial charge is 0.149 e. The Morgan fingerprint density at radius 1 is 1.06 bits per heavy atom. The molecule has 1 heterocycles. The minimum atomic E-state index is 0.00317. The molecule has 0 amide bonds. The molecule has 0 nitrogen and oxygen atoms in total. The highest BCUT2D eigenvalue weighted by atomic mass is 79.9. The average molecular weight is 409 g/mol. The minimum absolute atomic E-state index is 0.00317. The molecule has 0 atom stereocenters. The normalized spacial score (nSPS) is 11.7. The molecule has 0 aliphatic carbocycles. The van der Waals surface area contributed by atoms with E-state index in [0.29, 0.717) is 0 Å². The van der Waals surface area contributed by atoms with Crippen molar-refractivity contribution in [2.24, 2.45) is 0 Å². The monoisotopic (exact) mass is 406 g/mol. The van der Waals surface area contributed by atoms with Crippen LogP contribution in [-0.4, -0.2) is 10.7 Å². The molecule has 0 spiro atoms. The highest BCUT2D eigenvalue weighted by Gasteiger charge is 2.32. The van der Waals surface area contributed by atoms with Crippen molar-refractivity contribution in [3.8, 4) is 0 Å². The molecule has 0 saturated carbocycles. The lowest BCUT2D eigenvalue weighted by atomic mass is 9.81. The van der Waals surface area contributed by atoms with Crippen molar-refractivity contribution in [3.63, 3.8) is 0 Å². The predicted octanol–water partition coefficient (Wildman–Crippen LogP) is 5.67. The molecule has 0 saturated heterocycles. The first-order chi connectivity index (χ1) is 8.72. The van der Waals surface area contributed by atoms with Gasteiger partial charge in [-0.1, -0.05) is 67.7 Å². The maximum atomic E-state index is 6.37. The second-order valence-electron chi connectivity index (χ2n) is 4.28. The molecule has 2 aromatic rings. The fourth-order valence-electron chi connectivity index (χ4n) is 2.01. The Balaban J connectivity index is 2.40. The molecule has 0 aliphatic heterocycles. The third kappa shape index (κ3) is 3.01. The first-order valence-corrected chi connectivity index (χ1v) is 9.11. The van der Waals surface area contributed by atoms with Crippen LogP contribution in [0.25, 0.3) is 0 Å². The Kier molecular flexibility index (Phi) is 5.31. The lowest BCUT2D eigenvalue weighted by Crippen LogP contribution is -2.33. The number of thiophene rings is 1.